The van der Waals surface area contributed by atoms with Crippen molar-refractivity contribution in [3.05, 3.63) is 94.2 Å². The fourth-order valence-electron chi connectivity index (χ4n) is 5.20. The maximum atomic E-state index is 14.4. The summed E-state index contributed by atoms with van der Waals surface area (Å²) < 4.78 is 35.1. The van der Waals surface area contributed by atoms with Gasteiger partial charge in [-0.15, -0.1) is 0 Å². The van der Waals surface area contributed by atoms with E-state index in [1.807, 2.05) is 0 Å². The highest BCUT2D eigenvalue weighted by Crippen LogP contribution is 2.45. The van der Waals surface area contributed by atoms with Crippen molar-refractivity contribution in [2.24, 2.45) is 0 Å². The van der Waals surface area contributed by atoms with Crippen LogP contribution in [0.15, 0.2) is 71.5 Å². The van der Waals surface area contributed by atoms with E-state index in [4.69, 9.17) is 34.2 Å². The minimum Gasteiger partial charge on any atom is -0.493 e. The molecule has 3 aromatic carbocycles. The van der Waals surface area contributed by atoms with E-state index in [1.165, 1.54) is 40.1 Å². The van der Waals surface area contributed by atoms with Crippen molar-refractivity contribution in [2.45, 2.75) is 13.2 Å². The molecule has 0 saturated heterocycles. The Kier molecular flexibility index (Phi) is 9.29. The topological polar surface area (TPSA) is 154 Å². The molecule has 5 rings (SSSR count). The second kappa shape index (κ2) is 13.5. The van der Waals surface area contributed by atoms with Crippen molar-refractivity contribution < 1.29 is 38.3 Å². The molecule has 238 valence electrons. The normalized spacial score (nSPS) is 10.8. The maximum Gasteiger partial charge on any atom is 0.355 e. The maximum absolute atomic E-state index is 14.4. The van der Waals surface area contributed by atoms with Gasteiger partial charge in [0.05, 0.1) is 58.9 Å². The molecule has 0 atom stereocenters. The fourth-order valence-corrected chi connectivity index (χ4v) is 5.20. The van der Waals surface area contributed by atoms with Crippen molar-refractivity contribution in [3.8, 4) is 45.6 Å². The van der Waals surface area contributed by atoms with Crippen molar-refractivity contribution >= 4 is 22.4 Å². The Bertz CT molecular complexity index is 1950. The number of aromatic nitrogens is 2. The Hall–Kier alpha value is -5.75. The summed E-state index contributed by atoms with van der Waals surface area (Å²) in [5.41, 5.74) is 8.07. The molecule has 0 aliphatic heterocycles. The Morgan fingerprint density at radius 2 is 1.43 bits per heavy atom. The number of pyridine rings is 2. The largest absolute Gasteiger partial charge is 0.493 e. The van der Waals surface area contributed by atoms with Crippen molar-refractivity contribution in [2.75, 3.05) is 41.3 Å². The van der Waals surface area contributed by atoms with Gasteiger partial charge in [0.2, 0.25) is 5.75 Å². The number of nitrogens with two attached hydrogens (primary N) is 1. The van der Waals surface area contributed by atoms with E-state index in [0.717, 1.165) is 0 Å². The molecule has 0 aliphatic rings. The molecule has 0 bridgehead atoms. The van der Waals surface area contributed by atoms with Gasteiger partial charge >= 0.3 is 5.97 Å². The SMILES string of the molecule is COC(=O)c1c(-c2cc(OC)c(OC)c(OC)c2)c2cc(OC)c(OCc3cccc(CO)n3)cc2c(=O)n1-c1ccc(N)cc1. The average molecular weight is 628 g/mol. The van der Waals surface area contributed by atoms with Crippen LogP contribution in [0.25, 0.3) is 27.6 Å². The van der Waals surface area contributed by atoms with Gasteiger partial charge in [-0.25, -0.2) is 4.79 Å². The zero-order valence-corrected chi connectivity index (χ0v) is 26.0. The van der Waals surface area contributed by atoms with Crippen LogP contribution in [0.5, 0.6) is 28.7 Å². The van der Waals surface area contributed by atoms with Crippen LogP contribution in [-0.2, 0) is 18.0 Å². The van der Waals surface area contributed by atoms with Gasteiger partial charge in [0.25, 0.3) is 5.56 Å². The van der Waals surface area contributed by atoms with Crippen LogP contribution >= 0.6 is 0 Å². The summed E-state index contributed by atoms with van der Waals surface area (Å²) in [6.07, 6.45) is 0. The van der Waals surface area contributed by atoms with Crippen LogP contribution < -0.4 is 35.0 Å². The van der Waals surface area contributed by atoms with Gasteiger partial charge in [-0.1, -0.05) is 6.07 Å². The summed E-state index contributed by atoms with van der Waals surface area (Å²) in [5, 5.41) is 10.1. The van der Waals surface area contributed by atoms with Crippen molar-refractivity contribution in [1.82, 2.24) is 9.55 Å². The third-order valence-electron chi connectivity index (χ3n) is 7.35. The molecule has 2 heterocycles. The number of carbonyl (C=O) groups excluding carboxylic acids is 1. The summed E-state index contributed by atoms with van der Waals surface area (Å²) in [6.45, 7) is -0.189. The molecule has 0 radical (unpaired) electrons. The minimum atomic E-state index is -0.770. The number of rotatable bonds is 11. The summed E-state index contributed by atoms with van der Waals surface area (Å²) in [4.78, 5) is 32.4. The minimum absolute atomic E-state index is 0.0296. The number of hydrogen-bond acceptors (Lipinski definition) is 11. The number of ether oxygens (including phenoxy) is 6. The lowest BCUT2D eigenvalue weighted by Crippen LogP contribution is -2.27. The highest BCUT2D eigenvalue weighted by molar-refractivity contribution is 6.08. The smallest absolute Gasteiger partial charge is 0.355 e. The molecule has 0 saturated carbocycles. The molecule has 0 aliphatic carbocycles. The molecule has 0 spiro atoms. The second-order valence-electron chi connectivity index (χ2n) is 9.98. The number of methoxy groups -OCH3 is 5. The van der Waals surface area contributed by atoms with Crippen LogP contribution in [0.3, 0.4) is 0 Å². The quantitative estimate of drug-likeness (QED) is 0.157. The lowest BCUT2D eigenvalue weighted by Gasteiger charge is -2.21. The number of nitrogens with zero attached hydrogens (tertiary/aromatic N) is 2. The molecule has 0 unspecified atom stereocenters. The summed E-state index contributed by atoms with van der Waals surface area (Å²) in [6, 6.07) is 18.3. The van der Waals surface area contributed by atoms with Crippen LogP contribution in [0.2, 0.25) is 0 Å². The summed E-state index contributed by atoms with van der Waals surface area (Å²) in [5.74, 6) is 0.783. The van der Waals surface area contributed by atoms with Gasteiger partial charge < -0.3 is 39.3 Å². The molecule has 3 N–H and O–H groups in total. The van der Waals surface area contributed by atoms with E-state index in [0.29, 0.717) is 62.3 Å². The van der Waals surface area contributed by atoms with E-state index >= 15 is 0 Å². The van der Waals surface area contributed by atoms with Gasteiger partial charge in [0.1, 0.15) is 12.3 Å². The van der Waals surface area contributed by atoms with Gasteiger partial charge in [0, 0.05) is 22.3 Å². The fraction of sp³-hybridized carbons (Fsp3) is 0.206. The van der Waals surface area contributed by atoms with Crippen molar-refractivity contribution in [3.63, 3.8) is 0 Å². The molecule has 12 heteroatoms. The van der Waals surface area contributed by atoms with Gasteiger partial charge in [0.15, 0.2) is 23.0 Å². The molecule has 12 nitrogen and oxygen atoms in total. The van der Waals surface area contributed by atoms with E-state index in [9.17, 15) is 14.7 Å². The lowest BCUT2D eigenvalue weighted by atomic mass is 9.95. The van der Waals surface area contributed by atoms with E-state index in [-0.39, 0.29) is 30.0 Å². The predicted octanol–water partition coefficient (Wildman–Crippen LogP) is 4.53. The number of benzene rings is 3. The Morgan fingerprint density at radius 3 is 2.02 bits per heavy atom. The third kappa shape index (κ3) is 5.85. The lowest BCUT2D eigenvalue weighted by molar-refractivity contribution is 0.0591. The molecule has 0 amide bonds. The molecule has 0 fully saturated rings. The number of hydrogen-bond donors (Lipinski definition) is 2. The average Bonchev–Trinajstić information content (AvgIpc) is 3.09. The Labute approximate surface area is 264 Å². The van der Waals surface area contributed by atoms with Gasteiger partial charge in [-0.05, 0) is 66.2 Å². The van der Waals surface area contributed by atoms with Gasteiger partial charge in [-0.2, -0.15) is 0 Å². The first-order chi connectivity index (χ1) is 22.3. The highest BCUT2D eigenvalue weighted by atomic mass is 16.5. The summed E-state index contributed by atoms with van der Waals surface area (Å²) in [7, 11) is 7.15. The summed E-state index contributed by atoms with van der Waals surface area (Å²) >= 11 is 0. The number of aliphatic hydroxyl groups excluding tert-OH is 1. The monoisotopic (exact) mass is 627 g/mol. The molecular weight excluding hydrogens is 594 g/mol. The van der Waals surface area contributed by atoms with E-state index < -0.39 is 11.5 Å². The first kappa shape index (κ1) is 31.7. The molecule has 2 aromatic heterocycles. The third-order valence-corrected chi connectivity index (χ3v) is 7.35. The standard InChI is InChI=1S/C34H33N3O9/c1-41-26-15-24-25(16-27(26)46-18-22-8-6-7-21(17-38)36-22)33(39)37(23-11-9-20(35)10-12-23)31(34(40)45-5)30(24)19-13-28(42-2)32(44-4)29(14-19)43-3/h6-16,38H,17-18,35H2,1-5H3. The number of nitrogen functional groups attached to an aromatic ring is 1. The first-order valence-electron chi connectivity index (χ1n) is 14.0. The van der Waals surface area contributed by atoms with Crippen molar-refractivity contribution in [1.29, 1.82) is 0 Å². The van der Waals surface area contributed by atoms with Gasteiger partial charge in [-0.3, -0.25) is 14.3 Å². The first-order valence-corrected chi connectivity index (χ1v) is 14.0. The zero-order valence-electron chi connectivity index (χ0n) is 26.0. The second-order valence-corrected chi connectivity index (χ2v) is 9.98. The van der Waals surface area contributed by atoms with Crippen LogP contribution in [0, 0.1) is 0 Å². The number of fused-ring (bicyclic) bond motifs is 1. The Morgan fingerprint density at radius 1 is 0.804 bits per heavy atom. The molecule has 46 heavy (non-hydrogen) atoms. The van der Waals surface area contributed by atoms with Crippen LogP contribution in [0.4, 0.5) is 5.69 Å². The number of anilines is 1. The van der Waals surface area contributed by atoms with E-state index in [1.54, 1.807) is 66.7 Å². The van der Waals surface area contributed by atoms with Crippen LogP contribution in [-0.4, -0.2) is 56.2 Å². The number of aliphatic hydroxyl groups is 1. The zero-order chi connectivity index (χ0) is 33.0. The Balaban J connectivity index is 1.87. The van der Waals surface area contributed by atoms with E-state index in [2.05, 4.69) is 4.98 Å². The highest BCUT2D eigenvalue weighted by Gasteiger charge is 2.28. The van der Waals surface area contributed by atoms with Crippen LogP contribution in [0.1, 0.15) is 21.9 Å². The number of esters is 1. The predicted molar refractivity (Wildman–Crippen MR) is 171 cm³/mol. The number of carbonyl (C=O) groups is 1. The molecular formula is C34H33N3O9. The molecule has 5 aromatic rings.